The number of allylic oxidation sites excluding steroid dienone is 2. The van der Waals surface area contributed by atoms with Crippen LogP contribution in [0, 0.1) is 29.6 Å². The highest BCUT2D eigenvalue weighted by molar-refractivity contribution is 5.11. The van der Waals surface area contributed by atoms with Gasteiger partial charge in [0.2, 0.25) is 0 Å². The van der Waals surface area contributed by atoms with Crippen LogP contribution in [-0.4, -0.2) is 0 Å². The summed E-state index contributed by atoms with van der Waals surface area (Å²) >= 11 is 0. The molecule has 0 spiro atoms. The van der Waals surface area contributed by atoms with E-state index < -0.39 is 0 Å². The molecule has 0 aromatic rings. The Morgan fingerprint density at radius 2 is 1.30 bits per heavy atom. The SMILES string of the molecule is CC1CC=C(C2CCC(C3CCC(C)CC3)CC2)CC1. The molecule has 0 N–H and O–H groups in total. The second kappa shape index (κ2) is 6.67. The standard InChI is InChI=1S/C20H34/c1-15-3-7-17(8-4-15)19-11-13-20(14-12-19)18-9-5-16(2)6-10-18/h7,15-16,18-20H,3-6,8-14H2,1-2H3. The maximum Gasteiger partial charge on any atom is -0.0203 e. The molecule has 0 aromatic heterocycles. The molecule has 0 amide bonds. The van der Waals surface area contributed by atoms with Crippen molar-refractivity contribution in [2.24, 2.45) is 29.6 Å². The first-order valence-corrected chi connectivity index (χ1v) is 9.41. The minimum atomic E-state index is 0.944. The highest BCUT2D eigenvalue weighted by Gasteiger charge is 2.31. The third-order valence-corrected chi connectivity index (χ3v) is 6.73. The van der Waals surface area contributed by atoms with Gasteiger partial charge in [-0.3, -0.25) is 0 Å². The third kappa shape index (κ3) is 3.49. The van der Waals surface area contributed by atoms with Crippen molar-refractivity contribution in [1.29, 1.82) is 0 Å². The molecular formula is C20H34. The largest absolute Gasteiger partial charge is 0.0848 e. The molecule has 3 aliphatic carbocycles. The van der Waals surface area contributed by atoms with Gasteiger partial charge < -0.3 is 0 Å². The van der Waals surface area contributed by atoms with E-state index in [2.05, 4.69) is 19.9 Å². The summed E-state index contributed by atoms with van der Waals surface area (Å²) in [4.78, 5) is 0. The molecule has 1 unspecified atom stereocenters. The molecule has 3 aliphatic rings. The highest BCUT2D eigenvalue weighted by atomic mass is 14.4. The van der Waals surface area contributed by atoms with Gasteiger partial charge in [0.05, 0.1) is 0 Å². The van der Waals surface area contributed by atoms with Crippen LogP contribution in [0.4, 0.5) is 0 Å². The van der Waals surface area contributed by atoms with Crippen LogP contribution >= 0.6 is 0 Å². The second-order valence-electron chi connectivity index (χ2n) is 8.29. The van der Waals surface area contributed by atoms with Gasteiger partial charge in [0.1, 0.15) is 0 Å². The lowest BCUT2D eigenvalue weighted by molar-refractivity contribution is 0.156. The van der Waals surface area contributed by atoms with Crippen molar-refractivity contribution in [3.8, 4) is 0 Å². The van der Waals surface area contributed by atoms with Gasteiger partial charge in [-0.15, -0.1) is 0 Å². The fourth-order valence-corrected chi connectivity index (χ4v) is 5.07. The molecule has 2 saturated carbocycles. The van der Waals surface area contributed by atoms with E-state index in [1.807, 2.05) is 5.57 Å². The molecular weight excluding hydrogens is 240 g/mol. The van der Waals surface area contributed by atoms with Crippen molar-refractivity contribution in [1.82, 2.24) is 0 Å². The maximum atomic E-state index is 2.61. The minimum absolute atomic E-state index is 0.944. The predicted molar refractivity (Wildman–Crippen MR) is 87.7 cm³/mol. The zero-order valence-electron chi connectivity index (χ0n) is 13.7. The molecule has 3 rings (SSSR count). The molecule has 1 atom stereocenters. The molecule has 0 radical (unpaired) electrons. The molecule has 0 saturated heterocycles. The average Bonchev–Trinajstić information content (AvgIpc) is 2.49. The Kier molecular flexibility index (Phi) is 4.89. The van der Waals surface area contributed by atoms with Crippen LogP contribution in [0.15, 0.2) is 11.6 Å². The van der Waals surface area contributed by atoms with Crippen LogP contribution in [0.5, 0.6) is 0 Å². The molecule has 0 heteroatoms. The van der Waals surface area contributed by atoms with Crippen molar-refractivity contribution >= 4 is 0 Å². The summed E-state index contributed by atoms with van der Waals surface area (Å²) in [5, 5.41) is 0. The van der Waals surface area contributed by atoms with Crippen molar-refractivity contribution in [3.05, 3.63) is 11.6 Å². The molecule has 0 bridgehead atoms. The molecule has 2 fully saturated rings. The van der Waals surface area contributed by atoms with Gasteiger partial charge in [-0.05, 0) is 87.4 Å². The van der Waals surface area contributed by atoms with Gasteiger partial charge in [-0.1, -0.05) is 38.3 Å². The van der Waals surface area contributed by atoms with E-state index >= 15 is 0 Å². The van der Waals surface area contributed by atoms with Crippen LogP contribution in [0.1, 0.15) is 84.5 Å². The number of hydrogen-bond donors (Lipinski definition) is 0. The summed E-state index contributed by atoms with van der Waals surface area (Å²) in [7, 11) is 0. The van der Waals surface area contributed by atoms with E-state index in [0.717, 1.165) is 29.6 Å². The van der Waals surface area contributed by atoms with E-state index in [4.69, 9.17) is 0 Å². The van der Waals surface area contributed by atoms with Gasteiger partial charge in [0.15, 0.2) is 0 Å². The van der Waals surface area contributed by atoms with Gasteiger partial charge >= 0.3 is 0 Å². The first-order chi connectivity index (χ1) is 9.72. The van der Waals surface area contributed by atoms with Gasteiger partial charge in [-0.2, -0.15) is 0 Å². The molecule has 0 aromatic carbocycles. The molecule has 0 aliphatic heterocycles. The molecule has 0 nitrogen and oxygen atoms in total. The smallest absolute Gasteiger partial charge is 0.0203 e. The Hall–Kier alpha value is -0.260. The fraction of sp³-hybridized carbons (Fsp3) is 0.900. The van der Waals surface area contributed by atoms with Crippen molar-refractivity contribution in [2.45, 2.75) is 84.5 Å². The lowest BCUT2D eigenvalue weighted by Crippen LogP contribution is -2.26. The topological polar surface area (TPSA) is 0 Å². The van der Waals surface area contributed by atoms with Gasteiger partial charge in [0.25, 0.3) is 0 Å². The average molecular weight is 274 g/mol. The Morgan fingerprint density at radius 1 is 0.700 bits per heavy atom. The van der Waals surface area contributed by atoms with E-state index in [-0.39, 0.29) is 0 Å². The second-order valence-corrected chi connectivity index (χ2v) is 8.29. The summed E-state index contributed by atoms with van der Waals surface area (Å²) in [5.41, 5.74) is 1.85. The Balaban J connectivity index is 1.47. The zero-order chi connectivity index (χ0) is 13.9. The lowest BCUT2D eigenvalue weighted by Gasteiger charge is -2.38. The van der Waals surface area contributed by atoms with Gasteiger partial charge in [-0.25, -0.2) is 0 Å². The van der Waals surface area contributed by atoms with E-state index in [9.17, 15) is 0 Å². The van der Waals surface area contributed by atoms with Crippen molar-refractivity contribution in [2.75, 3.05) is 0 Å². The summed E-state index contributed by atoms with van der Waals surface area (Å²) in [5.74, 6) is 5.10. The summed E-state index contributed by atoms with van der Waals surface area (Å²) < 4.78 is 0. The molecule has 0 heterocycles. The maximum absolute atomic E-state index is 2.61. The first kappa shape index (κ1) is 14.7. The van der Waals surface area contributed by atoms with Crippen LogP contribution in [-0.2, 0) is 0 Å². The van der Waals surface area contributed by atoms with E-state index in [1.165, 1.54) is 70.6 Å². The Labute approximate surface area is 126 Å². The third-order valence-electron chi connectivity index (χ3n) is 6.73. The quantitative estimate of drug-likeness (QED) is 0.513. The predicted octanol–water partition coefficient (Wildman–Crippen LogP) is 6.37. The van der Waals surface area contributed by atoms with Crippen LogP contribution in [0.3, 0.4) is 0 Å². The van der Waals surface area contributed by atoms with E-state index in [1.54, 1.807) is 0 Å². The number of rotatable bonds is 2. The van der Waals surface area contributed by atoms with E-state index in [0.29, 0.717) is 0 Å². The minimum Gasteiger partial charge on any atom is -0.0848 e. The summed E-state index contributed by atoms with van der Waals surface area (Å²) in [6, 6.07) is 0. The Bertz CT molecular complexity index is 324. The van der Waals surface area contributed by atoms with Crippen molar-refractivity contribution in [3.63, 3.8) is 0 Å². The highest BCUT2D eigenvalue weighted by Crippen LogP contribution is 2.44. The summed E-state index contributed by atoms with van der Waals surface area (Å²) in [6.45, 7) is 4.86. The van der Waals surface area contributed by atoms with Crippen LogP contribution in [0.25, 0.3) is 0 Å². The number of hydrogen-bond acceptors (Lipinski definition) is 0. The molecule has 20 heavy (non-hydrogen) atoms. The van der Waals surface area contributed by atoms with Gasteiger partial charge in [0, 0.05) is 0 Å². The fourth-order valence-electron chi connectivity index (χ4n) is 5.07. The monoisotopic (exact) mass is 274 g/mol. The van der Waals surface area contributed by atoms with Crippen LogP contribution < -0.4 is 0 Å². The lowest BCUT2D eigenvalue weighted by atomic mass is 9.67. The molecule has 114 valence electrons. The first-order valence-electron chi connectivity index (χ1n) is 9.41. The summed E-state index contributed by atoms with van der Waals surface area (Å²) in [6.07, 6.45) is 19.0. The zero-order valence-corrected chi connectivity index (χ0v) is 13.7. The van der Waals surface area contributed by atoms with Crippen LogP contribution in [0.2, 0.25) is 0 Å². The van der Waals surface area contributed by atoms with Crippen molar-refractivity contribution < 1.29 is 0 Å². The Morgan fingerprint density at radius 3 is 1.85 bits per heavy atom. The normalized spacial score (nSPS) is 43.1.